The van der Waals surface area contributed by atoms with Crippen molar-refractivity contribution in [2.75, 3.05) is 26.7 Å². The number of rotatable bonds is 5. The molecule has 0 bridgehead atoms. The first kappa shape index (κ1) is 17.5. The zero-order valence-electron chi connectivity index (χ0n) is 14.5. The fourth-order valence-corrected chi connectivity index (χ4v) is 3.00. The fraction of sp³-hybridized carbons (Fsp3) is 0.688. The first-order valence-corrected chi connectivity index (χ1v) is 8.17. The molecule has 23 heavy (non-hydrogen) atoms. The lowest BCUT2D eigenvalue weighted by Crippen LogP contribution is -2.61. The van der Waals surface area contributed by atoms with Gasteiger partial charge >= 0.3 is 0 Å². The zero-order valence-corrected chi connectivity index (χ0v) is 14.5. The molecule has 1 aliphatic heterocycles. The summed E-state index contributed by atoms with van der Waals surface area (Å²) in [6, 6.07) is 1.93. The molecule has 0 aliphatic carbocycles. The summed E-state index contributed by atoms with van der Waals surface area (Å²) >= 11 is 0. The molecule has 1 fully saturated rings. The van der Waals surface area contributed by atoms with Crippen molar-refractivity contribution in [1.82, 2.24) is 24.9 Å². The van der Waals surface area contributed by atoms with Crippen molar-refractivity contribution in [3.63, 3.8) is 0 Å². The molecule has 1 N–H and O–H groups in total. The number of aryl methyl sites for hydroxylation is 2. The minimum Gasteiger partial charge on any atom is -0.358 e. The number of aromatic nitrogens is 2. The van der Waals surface area contributed by atoms with Gasteiger partial charge in [-0.2, -0.15) is 5.10 Å². The van der Waals surface area contributed by atoms with Crippen LogP contribution in [-0.2, 0) is 16.1 Å². The third kappa shape index (κ3) is 4.31. The molecule has 0 radical (unpaired) electrons. The Morgan fingerprint density at radius 1 is 1.39 bits per heavy atom. The van der Waals surface area contributed by atoms with Gasteiger partial charge in [-0.15, -0.1) is 0 Å². The summed E-state index contributed by atoms with van der Waals surface area (Å²) in [5.74, 6) is 0.0503. The highest BCUT2D eigenvalue weighted by Gasteiger charge is 2.34. The molecule has 7 nitrogen and oxygen atoms in total. The summed E-state index contributed by atoms with van der Waals surface area (Å²) in [5, 5.41) is 7.00. The van der Waals surface area contributed by atoms with Crippen LogP contribution in [0.1, 0.15) is 26.0 Å². The van der Waals surface area contributed by atoms with Crippen molar-refractivity contribution in [3.05, 3.63) is 18.0 Å². The molecule has 1 atom stereocenters. The van der Waals surface area contributed by atoms with Gasteiger partial charge in [0.05, 0.1) is 5.69 Å². The molecule has 1 aliphatic rings. The lowest BCUT2D eigenvalue weighted by atomic mass is 10.1. The van der Waals surface area contributed by atoms with Crippen LogP contribution in [-0.4, -0.2) is 70.2 Å². The van der Waals surface area contributed by atoms with E-state index in [0.717, 1.165) is 12.2 Å². The first-order valence-electron chi connectivity index (χ1n) is 8.17. The van der Waals surface area contributed by atoms with Gasteiger partial charge in [0, 0.05) is 51.9 Å². The van der Waals surface area contributed by atoms with E-state index in [1.54, 1.807) is 16.6 Å². The van der Waals surface area contributed by atoms with Crippen LogP contribution in [0.3, 0.4) is 0 Å². The number of hydrogen-bond donors (Lipinski definition) is 1. The van der Waals surface area contributed by atoms with E-state index in [-0.39, 0.29) is 23.9 Å². The lowest BCUT2D eigenvalue weighted by Gasteiger charge is -2.42. The Kier molecular flexibility index (Phi) is 5.76. The van der Waals surface area contributed by atoms with Crippen molar-refractivity contribution in [2.45, 2.75) is 45.8 Å². The van der Waals surface area contributed by atoms with E-state index in [2.05, 4.69) is 29.2 Å². The zero-order chi connectivity index (χ0) is 17.0. The maximum atomic E-state index is 12.4. The van der Waals surface area contributed by atoms with Crippen LogP contribution < -0.4 is 5.32 Å². The third-order valence-corrected chi connectivity index (χ3v) is 4.32. The van der Waals surface area contributed by atoms with E-state index >= 15 is 0 Å². The van der Waals surface area contributed by atoms with E-state index in [1.165, 1.54) is 0 Å². The van der Waals surface area contributed by atoms with E-state index in [1.807, 2.05) is 19.2 Å². The standard InChI is InChI=1S/C16H27N5O2/c1-12(2)21-10-9-19(11-14(21)16(23)17-4)15(22)6-8-20-7-5-13(3)18-20/h5,7,12,14H,6,8-11H2,1-4H3,(H,17,23). The highest BCUT2D eigenvalue weighted by atomic mass is 16.2. The number of amides is 2. The van der Waals surface area contributed by atoms with Gasteiger partial charge in [-0.1, -0.05) is 0 Å². The van der Waals surface area contributed by atoms with E-state index in [0.29, 0.717) is 26.1 Å². The molecule has 7 heteroatoms. The number of nitrogens with one attached hydrogen (secondary N) is 1. The highest BCUT2D eigenvalue weighted by molar-refractivity contribution is 5.83. The number of piperazine rings is 1. The van der Waals surface area contributed by atoms with Crippen LogP contribution >= 0.6 is 0 Å². The molecular formula is C16H27N5O2. The predicted molar refractivity (Wildman–Crippen MR) is 87.9 cm³/mol. The molecule has 2 amide bonds. The van der Waals surface area contributed by atoms with Crippen LogP contribution in [0.15, 0.2) is 12.3 Å². The van der Waals surface area contributed by atoms with Gasteiger partial charge in [0.15, 0.2) is 0 Å². The number of carbonyl (C=O) groups is 2. The van der Waals surface area contributed by atoms with E-state index in [4.69, 9.17) is 0 Å². The molecule has 1 unspecified atom stereocenters. The Hall–Kier alpha value is -1.89. The summed E-state index contributed by atoms with van der Waals surface area (Å²) in [7, 11) is 1.64. The molecule has 0 aromatic carbocycles. The molecular weight excluding hydrogens is 294 g/mol. The summed E-state index contributed by atoms with van der Waals surface area (Å²) < 4.78 is 1.79. The van der Waals surface area contributed by atoms with Crippen molar-refractivity contribution in [2.24, 2.45) is 0 Å². The molecule has 2 heterocycles. The van der Waals surface area contributed by atoms with Crippen LogP contribution in [0.5, 0.6) is 0 Å². The Labute approximate surface area is 137 Å². The minimum absolute atomic E-state index is 0.0288. The van der Waals surface area contributed by atoms with E-state index in [9.17, 15) is 9.59 Å². The van der Waals surface area contributed by atoms with Crippen molar-refractivity contribution in [3.8, 4) is 0 Å². The number of carbonyl (C=O) groups excluding carboxylic acids is 2. The van der Waals surface area contributed by atoms with E-state index < -0.39 is 0 Å². The molecule has 1 saturated heterocycles. The molecule has 0 saturated carbocycles. The van der Waals surface area contributed by atoms with Gasteiger partial charge < -0.3 is 10.2 Å². The molecule has 128 valence electrons. The maximum absolute atomic E-state index is 12.4. The summed E-state index contributed by atoms with van der Waals surface area (Å²) in [6.45, 7) is 8.50. The quantitative estimate of drug-likeness (QED) is 0.844. The first-order chi connectivity index (χ1) is 10.9. The van der Waals surface area contributed by atoms with Crippen LogP contribution in [0, 0.1) is 6.92 Å². The smallest absolute Gasteiger partial charge is 0.238 e. The van der Waals surface area contributed by atoms with Crippen LogP contribution in [0.4, 0.5) is 0 Å². The number of hydrogen-bond acceptors (Lipinski definition) is 4. The van der Waals surface area contributed by atoms with Crippen molar-refractivity contribution in [1.29, 1.82) is 0 Å². The van der Waals surface area contributed by atoms with Gasteiger partial charge in [-0.3, -0.25) is 19.2 Å². The van der Waals surface area contributed by atoms with Crippen LogP contribution in [0.2, 0.25) is 0 Å². The van der Waals surface area contributed by atoms with Crippen molar-refractivity contribution >= 4 is 11.8 Å². The monoisotopic (exact) mass is 321 g/mol. The Balaban J connectivity index is 1.94. The second-order valence-electron chi connectivity index (χ2n) is 6.27. The Morgan fingerprint density at radius 3 is 2.70 bits per heavy atom. The van der Waals surface area contributed by atoms with Gasteiger partial charge in [-0.25, -0.2) is 0 Å². The topological polar surface area (TPSA) is 70.5 Å². The molecule has 1 aromatic rings. The fourth-order valence-electron chi connectivity index (χ4n) is 3.00. The Bertz CT molecular complexity index is 554. The maximum Gasteiger partial charge on any atom is 0.238 e. The molecule has 2 rings (SSSR count). The highest BCUT2D eigenvalue weighted by Crippen LogP contribution is 2.15. The second-order valence-corrected chi connectivity index (χ2v) is 6.27. The SMILES string of the molecule is CNC(=O)C1CN(C(=O)CCn2ccc(C)n2)CCN1C(C)C. The average molecular weight is 321 g/mol. The predicted octanol–water partition coefficient (Wildman–Crippen LogP) is 0.249. The number of nitrogens with zero attached hydrogens (tertiary/aromatic N) is 4. The summed E-state index contributed by atoms with van der Waals surface area (Å²) in [4.78, 5) is 28.5. The van der Waals surface area contributed by atoms with Crippen molar-refractivity contribution < 1.29 is 9.59 Å². The summed E-state index contributed by atoms with van der Waals surface area (Å²) in [6.07, 6.45) is 2.29. The third-order valence-electron chi connectivity index (χ3n) is 4.32. The van der Waals surface area contributed by atoms with Gasteiger partial charge in [0.25, 0.3) is 0 Å². The van der Waals surface area contributed by atoms with Gasteiger partial charge in [0.1, 0.15) is 6.04 Å². The second kappa shape index (κ2) is 7.59. The minimum atomic E-state index is -0.273. The lowest BCUT2D eigenvalue weighted by molar-refractivity contribution is -0.139. The van der Waals surface area contributed by atoms with Crippen LogP contribution in [0.25, 0.3) is 0 Å². The van der Waals surface area contributed by atoms with Gasteiger partial charge in [-0.05, 0) is 26.8 Å². The molecule has 1 aromatic heterocycles. The normalized spacial score (nSPS) is 19.2. The number of likely N-dealkylation sites (N-methyl/N-ethyl adjacent to an activating group) is 1. The summed E-state index contributed by atoms with van der Waals surface area (Å²) in [5.41, 5.74) is 0.947. The Morgan fingerprint density at radius 2 is 2.13 bits per heavy atom. The van der Waals surface area contributed by atoms with Gasteiger partial charge in [0.2, 0.25) is 11.8 Å². The largest absolute Gasteiger partial charge is 0.358 e. The average Bonchev–Trinajstić information content (AvgIpc) is 2.96. The molecule has 0 spiro atoms.